The predicted octanol–water partition coefficient (Wildman–Crippen LogP) is 2.69. The van der Waals surface area contributed by atoms with Crippen molar-refractivity contribution >= 4 is 58.2 Å². The monoisotopic (exact) mass is 973 g/mol. The van der Waals surface area contributed by atoms with Crippen LogP contribution in [0.25, 0.3) is 22.3 Å². The standard InChI is InChI=1S/C47H51N5O18/c1-6-8-9-24-25-17-52-30(15-27-26(42(52)57)19-63-45(59)47(27,61)7-2)35(25)50-29-16-32-38(66-20-65-32)36(34(24)29)51-46(60)64-18-23-10-11-31(28(14-23)49-33(55)12-13-48)69-44-37(56)39(67-21(3)53)40(68-22(4)54)41(70-44)43(58)62-5/h10-11,14-16,37,39-41,44,56,61H,6-9,12-13,17-20,48H2,1-5H3,(H,49,55)(H,51,60)/t37-,39-,40+,41+,44-,47+/m1/s1. The van der Waals surface area contributed by atoms with Gasteiger partial charge in [0, 0.05) is 49.4 Å². The van der Waals surface area contributed by atoms with Crippen molar-refractivity contribution in [2.24, 2.45) is 5.73 Å². The average Bonchev–Trinajstić information content (AvgIpc) is 3.96. The number of ether oxygens (including phenoxy) is 9. The first-order valence-corrected chi connectivity index (χ1v) is 22.5. The van der Waals surface area contributed by atoms with Crippen LogP contribution in [0.1, 0.15) is 81.2 Å². The molecule has 0 aliphatic carbocycles. The molecule has 0 bridgehead atoms. The molecule has 4 aliphatic rings. The molecule has 4 aromatic rings. The van der Waals surface area contributed by atoms with E-state index in [1.165, 1.54) is 22.8 Å². The van der Waals surface area contributed by atoms with Crippen LogP contribution in [0.2, 0.25) is 0 Å². The van der Waals surface area contributed by atoms with E-state index in [2.05, 4.69) is 10.6 Å². The van der Waals surface area contributed by atoms with E-state index in [0.717, 1.165) is 32.9 Å². The van der Waals surface area contributed by atoms with Gasteiger partial charge >= 0.3 is 30.0 Å². The number of esters is 4. The molecule has 6 atom stereocenters. The zero-order chi connectivity index (χ0) is 50.2. The maximum absolute atomic E-state index is 14.0. The van der Waals surface area contributed by atoms with Gasteiger partial charge in [-0.1, -0.05) is 26.3 Å². The number of aryl methyl sites for hydroxylation is 1. The zero-order valence-electron chi connectivity index (χ0n) is 38.7. The lowest BCUT2D eigenvalue weighted by molar-refractivity contribution is -0.278. The van der Waals surface area contributed by atoms with Gasteiger partial charge in [-0.3, -0.25) is 24.5 Å². The summed E-state index contributed by atoms with van der Waals surface area (Å²) in [6, 6.07) is 7.55. The molecule has 0 radical (unpaired) electrons. The van der Waals surface area contributed by atoms with E-state index in [4.69, 9.17) is 53.3 Å². The number of unbranched alkanes of at least 4 members (excludes halogenated alkanes) is 1. The van der Waals surface area contributed by atoms with Gasteiger partial charge in [0.05, 0.1) is 41.8 Å². The lowest BCUT2D eigenvalue weighted by Crippen LogP contribution is -2.63. The Kier molecular flexibility index (Phi) is 14.0. The number of carbonyl (C=O) groups is 6. The fraction of sp³-hybridized carbons (Fsp3) is 0.447. The van der Waals surface area contributed by atoms with Crippen LogP contribution in [0.15, 0.2) is 35.1 Å². The number of aromatic nitrogens is 2. The number of amides is 2. The van der Waals surface area contributed by atoms with E-state index in [9.17, 15) is 43.8 Å². The number of benzene rings is 2. The third-order valence-corrected chi connectivity index (χ3v) is 12.3. The third-order valence-electron chi connectivity index (χ3n) is 12.3. The van der Waals surface area contributed by atoms with Gasteiger partial charge in [0.25, 0.3) is 5.56 Å². The smallest absolute Gasteiger partial charge is 0.412 e. The Morgan fingerprint density at radius 1 is 0.986 bits per heavy atom. The van der Waals surface area contributed by atoms with Crippen LogP contribution in [0.5, 0.6) is 17.2 Å². The van der Waals surface area contributed by atoms with Gasteiger partial charge in [-0.2, -0.15) is 0 Å². The topological polar surface area (TPSA) is 311 Å². The Balaban J connectivity index is 1.09. The quantitative estimate of drug-likeness (QED) is 0.0744. The van der Waals surface area contributed by atoms with Crippen molar-refractivity contribution in [2.45, 2.75) is 116 Å². The maximum Gasteiger partial charge on any atom is 0.412 e. The molecule has 2 aromatic carbocycles. The van der Waals surface area contributed by atoms with Gasteiger partial charge in [0.1, 0.15) is 24.7 Å². The highest BCUT2D eigenvalue weighted by Crippen LogP contribution is 2.49. The summed E-state index contributed by atoms with van der Waals surface area (Å²) < 4.78 is 51.2. The molecular weight excluding hydrogens is 923 g/mol. The normalized spacial score (nSPS) is 21.7. The van der Waals surface area contributed by atoms with Gasteiger partial charge in [0.15, 0.2) is 41.5 Å². The highest BCUT2D eigenvalue weighted by atomic mass is 16.7. The van der Waals surface area contributed by atoms with Crippen molar-refractivity contribution in [2.75, 3.05) is 31.1 Å². The molecular formula is C47H51N5O18. The number of pyridine rings is 2. The number of methoxy groups -OCH3 is 1. The molecule has 23 nitrogen and oxygen atoms in total. The molecule has 2 aromatic heterocycles. The summed E-state index contributed by atoms with van der Waals surface area (Å²) in [5.74, 6) is -3.81. The van der Waals surface area contributed by atoms with Gasteiger partial charge < -0.3 is 68.5 Å². The second-order valence-electron chi connectivity index (χ2n) is 16.8. The number of carbonyl (C=O) groups excluding carboxylic acids is 6. The first-order chi connectivity index (χ1) is 33.5. The van der Waals surface area contributed by atoms with Crippen LogP contribution in [0, 0.1) is 0 Å². The fourth-order valence-electron chi connectivity index (χ4n) is 8.95. The average molecular weight is 974 g/mol. The minimum Gasteiger partial charge on any atom is -0.467 e. The minimum absolute atomic E-state index is 0.00566. The Labute approximate surface area is 398 Å². The summed E-state index contributed by atoms with van der Waals surface area (Å²) in [4.78, 5) is 95.6. The van der Waals surface area contributed by atoms with E-state index >= 15 is 0 Å². The summed E-state index contributed by atoms with van der Waals surface area (Å²) in [5.41, 5.74) is 6.80. The Hall–Kier alpha value is -7.34. The lowest BCUT2D eigenvalue weighted by atomic mass is 9.86. The molecule has 70 heavy (non-hydrogen) atoms. The van der Waals surface area contributed by atoms with Crippen molar-refractivity contribution in [1.29, 1.82) is 0 Å². The summed E-state index contributed by atoms with van der Waals surface area (Å²) in [5, 5.41) is 28.8. The third kappa shape index (κ3) is 9.14. The van der Waals surface area contributed by atoms with Crippen molar-refractivity contribution in [3.8, 4) is 28.6 Å². The molecule has 0 spiro atoms. The number of fused-ring (bicyclic) bond motifs is 6. The van der Waals surface area contributed by atoms with Gasteiger partial charge in [-0.25, -0.2) is 19.4 Å². The number of cyclic esters (lactones) is 1. The molecule has 23 heteroatoms. The molecule has 6 N–H and O–H groups in total. The second-order valence-corrected chi connectivity index (χ2v) is 16.8. The Bertz CT molecular complexity index is 2870. The number of hydrogen-bond acceptors (Lipinski definition) is 20. The molecule has 1 fully saturated rings. The minimum atomic E-state index is -2.02. The molecule has 1 saturated heterocycles. The van der Waals surface area contributed by atoms with E-state index < -0.39 is 77.7 Å². The number of aliphatic hydroxyl groups is 2. The van der Waals surface area contributed by atoms with Crippen LogP contribution in [-0.2, 0) is 84.2 Å². The first kappa shape index (κ1) is 49.1. The first-order valence-electron chi connectivity index (χ1n) is 22.5. The molecule has 8 rings (SSSR count). The van der Waals surface area contributed by atoms with Crippen LogP contribution in [0.4, 0.5) is 16.2 Å². The molecule has 2 amide bonds. The summed E-state index contributed by atoms with van der Waals surface area (Å²) in [6.45, 7) is 4.99. The van der Waals surface area contributed by atoms with E-state index in [1.54, 1.807) is 19.1 Å². The van der Waals surface area contributed by atoms with Crippen molar-refractivity contribution in [3.05, 3.63) is 68.5 Å². The largest absolute Gasteiger partial charge is 0.467 e. The molecule has 0 saturated carbocycles. The number of nitrogens with two attached hydrogens (primary N) is 1. The number of rotatable bonds is 15. The highest BCUT2D eigenvalue weighted by Gasteiger charge is 2.54. The molecule has 0 unspecified atom stereocenters. The van der Waals surface area contributed by atoms with Crippen LogP contribution in [0.3, 0.4) is 0 Å². The number of anilines is 2. The van der Waals surface area contributed by atoms with Crippen LogP contribution < -0.4 is 36.1 Å². The van der Waals surface area contributed by atoms with E-state index in [-0.39, 0.29) is 85.7 Å². The van der Waals surface area contributed by atoms with Crippen LogP contribution >= 0.6 is 0 Å². The Morgan fingerprint density at radius 2 is 1.74 bits per heavy atom. The fourth-order valence-corrected chi connectivity index (χ4v) is 8.95. The Morgan fingerprint density at radius 3 is 2.44 bits per heavy atom. The summed E-state index contributed by atoms with van der Waals surface area (Å²) in [7, 11) is 1.04. The second kappa shape index (κ2) is 19.9. The SMILES string of the molecule is CCCCc1c2c(nc3cc4c(c(NC(=O)OCc5ccc(O[C@@H]6O[C@H](C(=O)OC)[C@@H](OC(C)=O)[C@H](OC(C)=O)[C@H]6O)c(NC(=O)CCN)c5)c13)OCO4)-c1cc3c(c(=O)n1C2)COC(=O)[C@]3(O)CC. The van der Waals surface area contributed by atoms with Crippen molar-refractivity contribution < 1.29 is 81.6 Å². The number of aliphatic hydroxyl groups excluding tert-OH is 1. The van der Waals surface area contributed by atoms with Gasteiger partial charge in [0.2, 0.25) is 19.0 Å². The van der Waals surface area contributed by atoms with E-state index in [0.29, 0.717) is 46.3 Å². The predicted molar refractivity (Wildman–Crippen MR) is 240 cm³/mol. The molecule has 4 aliphatic heterocycles. The molecule has 6 heterocycles. The highest BCUT2D eigenvalue weighted by molar-refractivity contribution is 6.06. The summed E-state index contributed by atoms with van der Waals surface area (Å²) >= 11 is 0. The van der Waals surface area contributed by atoms with Crippen molar-refractivity contribution in [3.63, 3.8) is 0 Å². The number of hydrogen-bond donors (Lipinski definition) is 5. The van der Waals surface area contributed by atoms with Crippen molar-refractivity contribution in [1.82, 2.24) is 9.55 Å². The van der Waals surface area contributed by atoms with E-state index in [1.807, 2.05) is 6.92 Å². The molecule has 372 valence electrons. The zero-order valence-corrected chi connectivity index (χ0v) is 38.7. The lowest BCUT2D eigenvalue weighted by Gasteiger charge is -2.41. The van der Waals surface area contributed by atoms with Gasteiger partial charge in [-0.05, 0) is 48.6 Å². The maximum atomic E-state index is 14.0. The number of nitrogens with one attached hydrogen (secondary N) is 2. The van der Waals surface area contributed by atoms with Crippen LogP contribution in [-0.4, -0.2) is 107 Å². The number of nitrogens with zero attached hydrogens (tertiary/aromatic N) is 2. The summed E-state index contributed by atoms with van der Waals surface area (Å²) in [6.07, 6.45) is -7.71. The van der Waals surface area contributed by atoms with Gasteiger partial charge in [-0.15, -0.1) is 0 Å².